The van der Waals surface area contributed by atoms with E-state index in [1.807, 2.05) is 33.8 Å². The van der Waals surface area contributed by atoms with Crippen molar-refractivity contribution >= 4 is 18.3 Å². The molecule has 1 aromatic heterocycles. The Balaban J connectivity index is 2.26. The van der Waals surface area contributed by atoms with Gasteiger partial charge in [-0.05, 0) is 33.8 Å². The summed E-state index contributed by atoms with van der Waals surface area (Å²) in [5, 5.41) is 8.67. The van der Waals surface area contributed by atoms with Gasteiger partial charge in [0, 0.05) is 11.7 Å². The summed E-state index contributed by atoms with van der Waals surface area (Å²) in [5.41, 5.74) is 6.96. The van der Waals surface area contributed by atoms with Gasteiger partial charge >= 0.3 is 7.12 Å². The number of nitrogens with zero attached hydrogens (tertiary/aromatic N) is 2. The van der Waals surface area contributed by atoms with Gasteiger partial charge in [0.25, 0.3) is 0 Å². The summed E-state index contributed by atoms with van der Waals surface area (Å²) >= 11 is 0. The van der Waals surface area contributed by atoms with Crippen LogP contribution >= 0.6 is 0 Å². The van der Waals surface area contributed by atoms with Gasteiger partial charge < -0.3 is 15.0 Å². The highest BCUT2D eigenvalue weighted by atomic mass is 16.7. The van der Waals surface area contributed by atoms with Crippen molar-refractivity contribution < 1.29 is 9.31 Å². The second kappa shape index (κ2) is 4.51. The lowest BCUT2D eigenvalue weighted by atomic mass is 9.80. The Bertz CT molecular complexity index is 521. The normalized spacial score (nSPS) is 20.3. The molecule has 5 nitrogen and oxygen atoms in total. The van der Waals surface area contributed by atoms with Gasteiger partial charge in [-0.1, -0.05) is 0 Å². The molecular weight excluding hydrogens is 241 g/mol. The van der Waals surface area contributed by atoms with Crippen LogP contribution in [-0.2, 0) is 15.7 Å². The van der Waals surface area contributed by atoms with Gasteiger partial charge in [-0.3, -0.25) is 4.98 Å². The molecule has 0 amide bonds. The minimum Gasteiger partial charge on any atom is -0.399 e. The average Bonchev–Trinajstić information content (AvgIpc) is 2.51. The number of nitrogen functional groups attached to an aromatic ring is 1. The Labute approximate surface area is 113 Å². The molecule has 1 aliphatic heterocycles. The van der Waals surface area contributed by atoms with E-state index in [0.29, 0.717) is 11.4 Å². The van der Waals surface area contributed by atoms with Crippen molar-refractivity contribution in [1.82, 2.24) is 4.98 Å². The van der Waals surface area contributed by atoms with Crippen LogP contribution in [0.5, 0.6) is 0 Å². The highest BCUT2D eigenvalue weighted by Gasteiger charge is 2.51. The standard InChI is InChI=1S/C13H18BN3O2/c1-12(2)13(3,4)19-14(18-12)9-7-10(16)11(5-6-15)17-8-9/h7-8H,5,16H2,1-4H3. The van der Waals surface area contributed by atoms with Crippen molar-refractivity contribution in [3.63, 3.8) is 0 Å². The maximum atomic E-state index is 8.67. The van der Waals surface area contributed by atoms with Crippen LogP contribution in [0.15, 0.2) is 12.3 Å². The van der Waals surface area contributed by atoms with Gasteiger partial charge in [0.2, 0.25) is 0 Å². The third-order valence-corrected chi connectivity index (χ3v) is 3.80. The van der Waals surface area contributed by atoms with Crippen molar-refractivity contribution in [3.8, 4) is 6.07 Å². The van der Waals surface area contributed by atoms with E-state index in [1.165, 1.54) is 0 Å². The second-order valence-electron chi connectivity index (χ2n) is 5.73. The fourth-order valence-electron chi connectivity index (χ4n) is 1.86. The maximum Gasteiger partial charge on any atom is 0.496 e. The fourth-order valence-corrected chi connectivity index (χ4v) is 1.86. The van der Waals surface area contributed by atoms with Crippen molar-refractivity contribution in [2.24, 2.45) is 0 Å². The number of pyridine rings is 1. The monoisotopic (exact) mass is 259 g/mol. The first kappa shape index (κ1) is 13.8. The van der Waals surface area contributed by atoms with Crippen molar-refractivity contribution in [3.05, 3.63) is 18.0 Å². The van der Waals surface area contributed by atoms with Gasteiger partial charge in [-0.15, -0.1) is 0 Å². The highest BCUT2D eigenvalue weighted by molar-refractivity contribution is 6.62. The first-order valence-electron chi connectivity index (χ1n) is 6.24. The molecule has 1 fully saturated rings. The van der Waals surface area contributed by atoms with Gasteiger partial charge in [0.05, 0.1) is 35.1 Å². The van der Waals surface area contributed by atoms with E-state index in [1.54, 1.807) is 12.3 Å². The predicted octanol–water partition coefficient (Wildman–Crippen LogP) is 1.03. The number of nitriles is 1. The summed E-state index contributed by atoms with van der Waals surface area (Å²) in [6.07, 6.45) is 1.86. The number of aromatic nitrogens is 1. The lowest BCUT2D eigenvalue weighted by Crippen LogP contribution is -2.41. The number of hydrogen-bond acceptors (Lipinski definition) is 5. The minimum absolute atomic E-state index is 0.204. The fraction of sp³-hybridized carbons (Fsp3) is 0.538. The smallest absolute Gasteiger partial charge is 0.399 e. The molecule has 0 atom stereocenters. The third-order valence-electron chi connectivity index (χ3n) is 3.80. The highest BCUT2D eigenvalue weighted by Crippen LogP contribution is 2.36. The number of nitrogens with two attached hydrogens (primary N) is 1. The molecule has 100 valence electrons. The minimum atomic E-state index is -0.476. The molecule has 2 N–H and O–H groups in total. The Morgan fingerprint density at radius 2 is 1.89 bits per heavy atom. The number of anilines is 1. The van der Waals surface area contributed by atoms with E-state index in [9.17, 15) is 0 Å². The summed E-state index contributed by atoms with van der Waals surface area (Å²) in [5.74, 6) is 0. The van der Waals surface area contributed by atoms with Crippen LogP contribution in [0.25, 0.3) is 0 Å². The zero-order chi connectivity index (χ0) is 14.3. The molecule has 0 unspecified atom stereocenters. The van der Waals surface area contributed by atoms with E-state index in [4.69, 9.17) is 20.3 Å². The van der Waals surface area contributed by atoms with E-state index >= 15 is 0 Å². The van der Waals surface area contributed by atoms with Crippen LogP contribution in [0.1, 0.15) is 33.4 Å². The molecule has 19 heavy (non-hydrogen) atoms. The summed E-state index contributed by atoms with van der Waals surface area (Å²) in [7, 11) is -0.476. The van der Waals surface area contributed by atoms with Gasteiger partial charge in [-0.2, -0.15) is 5.26 Å². The van der Waals surface area contributed by atoms with Crippen molar-refractivity contribution in [1.29, 1.82) is 5.26 Å². The zero-order valence-electron chi connectivity index (χ0n) is 11.7. The van der Waals surface area contributed by atoms with Crippen molar-refractivity contribution in [2.75, 3.05) is 5.73 Å². The molecule has 0 aliphatic carbocycles. The summed E-state index contributed by atoms with van der Waals surface area (Å²) in [6, 6.07) is 3.80. The van der Waals surface area contributed by atoms with Gasteiger partial charge in [0.15, 0.2) is 0 Å². The van der Waals surface area contributed by atoms with E-state index < -0.39 is 18.3 Å². The first-order chi connectivity index (χ1) is 8.77. The molecule has 0 aromatic carbocycles. The van der Waals surface area contributed by atoms with Crippen LogP contribution in [0, 0.1) is 11.3 Å². The Morgan fingerprint density at radius 1 is 1.32 bits per heavy atom. The second-order valence-corrected chi connectivity index (χ2v) is 5.73. The SMILES string of the molecule is CC1(C)OB(c2cnc(CC#N)c(N)c2)OC1(C)C. The Kier molecular flexibility index (Phi) is 3.29. The van der Waals surface area contributed by atoms with Crippen molar-refractivity contribution in [2.45, 2.75) is 45.3 Å². The molecule has 0 saturated carbocycles. The molecule has 1 aromatic rings. The van der Waals surface area contributed by atoms with Crippen LogP contribution in [-0.4, -0.2) is 23.3 Å². The zero-order valence-corrected chi connectivity index (χ0v) is 11.7. The van der Waals surface area contributed by atoms with Crippen LogP contribution in [0.2, 0.25) is 0 Å². The molecular formula is C13H18BN3O2. The predicted molar refractivity (Wildman–Crippen MR) is 73.7 cm³/mol. The largest absolute Gasteiger partial charge is 0.496 e. The lowest BCUT2D eigenvalue weighted by molar-refractivity contribution is 0.00578. The van der Waals surface area contributed by atoms with E-state index in [-0.39, 0.29) is 6.42 Å². The van der Waals surface area contributed by atoms with Gasteiger partial charge in [-0.25, -0.2) is 0 Å². The number of hydrogen-bond donors (Lipinski definition) is 1. The van der Waals surface area contributed by atoms with Crippen LogP contribution < -0.4 is 11.2 Å². The summed E-state index contributed by atoms with van der Waals surface area (Å²) in [4.78, 5) is 4.20. The quantitative estimate of drug-likeness (QED) is 0.802. The molecule has 2 heterocycles. The first-order valence-corrected chi connectivity index (χ1v) is 6.24. The van der Waals surface area contributed by atoms with Crippen LogP contribution in [0.3, 0.4) is 0 Å². The molecule has 1 saturated heterocycles. The molecule has 0 radical (unpaired) electrons. The molecule has 0 bridgehead atoms. The molecule has 6 heteroatoms. The topological polar surface area (TPSA) is 81.2 Å². The van der Waals surface area contributed by atoms with E-state index in [0.717, 1.165) is 5.46 Å². The molecule has 2 rings (SSSR count). The average molecular weight is 259 g/mol. The van der Waals surface area contributed by atoms with Gasteiger partial charge in [0.1, 0.15) is 0 Å². The number of rotatable bonds is 2. The third kappa shape index (κ3) is 2.44. The van der Waals surface area contributed by atoms with Crippen LogP contribution in [0.4, 0.5) is 5.69 Å². The molecule has 0 spiro atoms. The Morgan fingerprint density at radius 3 is 2.37 bits per heavy atom. The summed E-state index contributed by atoms with van der Waals surface area (Å²) < 4.78 is 11.8. The Hall–Kier alpha value is -1.58. The lowest BCUT2D eigenvalue weighted by Gasteiger charge is -2.32. The summed E-state index contributed by atoms with van der Waals surface area (Å²) in [6.45, 7) is 7.98. The maximum absolute atomic E-state index is 8.67. The van der Waals surface area contributed by atoms with E-state index in [2.05, 4.69) is 4.98 Å². The molecule has 1 aliphatic rings.